The average Bonchev–Trinajstić information content (AvgIpc) is 2.45. The third-order valence-electron chi connectivity index (χ3n) is 5.31. The minimum absolute atomic E-state index is 0.228. The number of piperidine rings is 1. The summed E-state index contributed by atoms with van der Waals surface area (Å²) in [5, 5.41) is 11.9. The standard InChI is InChI=1S/C14H25N3O2/c15-13(16-18)11-2-7-17(8-3-11)12-4-9-19-14(10-12)5-1-6-14/h11-12,18H,1-10H2,(H2,15,16). The number of hydrogen-bond donors (Lipinski definition) is 2. The summed E-state index contributed by atoms with van der Waals surface area (Å²) in [6.45, 7) is 3.06. The highest BCUT2D eigenvalue weighted by atomic mass is 16.5. The normalized spacial score (nSPS) is 33.3. The summed E-state index contributed by atoms with van der Waals surface area (Å²) in [6.07, 6.45) is 8.24. The summed E-state index contributed by atoms with van der Waals surface area (Å²) in [6, 6.07) is 0.683. The summed E-state index contributed by atoms with van der Waals surface area (Å²) in [7, 11) is 0. The van der Waals surface area contributed by atoms with Crippen LogP contribution in [0.2, 0.25) is 0 Å². The van der Waals surface area contributed by atoms with Crippen molar-refractivity contribution in [1.82, 2.24) is 4.90 Å². The molecule has 3 rings (SSSR count). The van der Waals surface area contributed by atoms with E-state index in [0.717, 1.165) is 39.0 Å². The fourth-order valence-corrected chi connectivity index (χ4v) is 3.88. The molecule has 3 aliphatic rings. The lowest BCUT2D eigenvalue weighted by molar-refractivity contribution is -0.150. The van der Waals surface area contributed by atoms with Crippen LogP contribution in [0, 0.1) is 5.92 Å². The molecule has 5 heteroatoms. The van der Waals surface area contributed by atoms with Gasteiger partial charge in [-0.05, 0) is 58.0 Å². The number of nitrogens with zero attached hydrogens (tertiary/aromatic N) is 2. The predicted octanol–water partition coefficient (Wildman–Crippen LogP) is 1.55. The molecule has 2 aliphatic heterocycles. The number of likely N-dealkylation sites (tertiary alicyclic amines) is 1. The van der Waals surface area contributed by atoms with Gasteiger partial charge >= 0.3 is 0 Å². The number of rotatable bonds is 2. The van der Waals surface area contributed by atoms with E-state index in [0.29, 0.717) is 11.9 Å². The van der Waals surface area contributed by atoms with E-state index in [1.807, 2.05) is 0 Å². The number of amidine groups is 1. The van der Waals surface area contributed by atoms with Crippen molar-refractivity contribution in [3.05, 3.63) is 0 Å². The molecule has 1 saturated carbocycles. The van der Waals surface area contributed by atoms with Gasteiger partial charge in [0.2, 0.25) is 0 Å². The first kappa shape index (κ1) is 13.2. The average molecular weight is 267 g/mol. The maximum Gasteiger partial charge on any atom is 0.142 e. The predicted molar refractivity (Wildman–Crippen MR) is 73.3 cm³/mol. The molecule has 2 heterocycles. The highest BCUT2D eigenvalue weighted by Gasteiger charge is 2.44. The van der Waals surface area contributed by atoms with Gasteiger partial charge < -0.3 is 20.6 Å². The van der Waals surface area contributed by atoms with Crippen molar-refractivity contribution in [2.45, 2.75) is 56.6 Å². The summed E-state index contributed by atoms with van der Waals surface area (Å²) in [5.74, 6) is 0.667. The molecular formula is C14H25N3O2. The van der Waals surface area contributed by atoms with Gasteiger partial charge in [-0.1, -0.05) is 5.16 Å². The second-order valence-electron chi connectivity index (χ2n) is 6.37. The number of hydrogen-bond acceptors (Lipinski definition) is 4. The minimum Gasteiger partial charge on any atom is -0.409 e. The molecule has 108 valence electrons. The van der Waals surface area contributed by atoms with Gasteiger partial charge in [-0.15, -0.1) is 0 Å². The second kappa shape index (κ2) is 5.29. The zero-order valence-corrected chi connectivity index (χ0v) is 11.6. The SMILES string of the molecule is NC(=NO)C1CCN(C2CCOC3(CCC3)C2)CC1. The van der Waals surface area contributed by atoms with Gasteiger partial charge in [0.05, 0.1) is 5.60 Å². The Morgan fingerprint density at radius 1 is 1.26 bits per heavy atom. The highest BCUT2D eigenvalue weighted by Crippen LogP contribution is 2.43. The van der Waals surface area contributed by atoms with Gasteiger partial charge in [-0.3, -0.25) is 0 Å². The van der Waals surface area contributed by atoms with E-state index >= 15 is 0 Å². The lowest BCUT2D eigenvalue weighted by Crippen LogP contribution is -2.54. The number of nitrogens with two attached hydrogens (primary N) is 1. The Morgan fingerprint density at radius 3 is 2.58 bits per heavy atom. The third-order valence-corrected chi connectivity index (χ3v) is 5.31. The van der Waals surface area contributed by atoms with Crippen LogP contribution in [0.15, 0.2) is 5.16 Å². The Kier molecular flexibility index (Phi) is 3.67. The van der Waals surface area contributed by atoms with Crippen LogP contribution in [0.5, 0.6) is 0 Å². The third kappa shape index (κ3) is 2.58. The van der Waals surface area contributed by atoms with Gasteiger partial charge in [-0.25, -0.2) is 0 Å². The first-order valence-corrected chi connectivity index (χ1v) is 7.58. The molecule has 0 aromatic carbocycles. The lowest BCUT2D eigenvalue weighted by atomic mass is 9.73. The molecule has 3 N–H and O–H groups in total. The van der Waals surface area contributed by atoms with Crippen LogP contribution < -0.4 is 5.73 Å². The molecule has 1 spiro atoms. The first-order valence-electron chi connectivity index (χ1n) is 7.58. The number of ether oxygens (including phenoxy) is 1. The molecule has 1 unspecified atom stereocenters. The summed E-state index contributed by atoms with van der Waals surface area (Å²) in [4.78, 5) is 2.60. The molecule has 2 saturated heterocycles. The Balaban J connectivity index is 1.53. The minimum atomic E-state index is 0.228. The molecule has 19 heavy (non-hydrogen) atoms. The zero-order valence-electron chi connectivity index (χ0n) is 11.6. The van der Waals surface area contributed by atoms with Gasteiger partial charge in [0.25, 0.3) is 0 Å². The van der Waals surface area contributed by atoms with Crippen molar-refractivity contribution >= 4 is 5.84 Å². The van der Waals surface area contributed by atoms with E-state index in [2.05, 4.69) is 10.1 Å². The molecule has 0 amide bonds. The van der Waals surface area contributed by atoms with E-state index in [1.165, 1.54) is 25.7 Å². The van der Waals surface area contributed by atoms with Crippen molar-refractivity contribution in [2.24, 2.45) is 16.8 Å². The van der Waals surface area contributed by atoms with Gasteiger partial charge in [0.15, 0.2) is 0 Å². The summed E-state index contributed by atoms with van der Waals surface area (Å²) < 4.78 is 6.00. The number of oxime groups is 1. The van der Waals surface area contributed by atoms with Crippen LogP contribution in [0.4, 0.5) is 0 Å². The second-order valence-corrected chi connectivity index (χ2v) is 6.37. The van der Waals surface area contributed by atoms with E-state index in [9.17, 15) is 0 Å². The quantitative estimate of drug-likeness (QED) is 0.345. The Labute approximate surface area is 114 Å². The van der Waals surface area contributed by atoms with Crippen molar-refractivity contribution in [3.63, 3.8) is 0 Å². The maximum atomic E-state index is 8.74. The van der Waals surface area contributed by atoms with Crippen molar-refractivity contribution < 1.29 is 9.94 Å². The van der Waals surface area contributed by atoms with Gasteiger partial charge in [0, 0.05) is 18.6 Å². The van der Waals surface area contributed by atoms with Crippen molar-refractivity contribution in [3.8, 4) is 0 Å². The molecule has 0 aromatic rings. The summed E-state index contributed by atoms with van der Waals surface area (Å²) in [5.41, 5.74) is 5.93. The van der Waals surface area contributed by atoms with Crippen LogP contribution in [0.3, 0.4) is 0 Å². The van der Waals surface area contributed by atoms with Crippen molar-refractivity contribution in [1.29, 1.82) is 0 Å². The molecule has 5 nitrogen and oxygen atoms in total. The van der Waals surface area contributed by atoms with Crippen LogP contribution in [-0.4, -0.2) is 47.3 Å². The lowest BCUT2D eigenvalue weighted by Gasteiger charge is -2.50. The molecule has 0 radical (unpaired) electrons. The van der Waals surface area contributed by atoms with E-state index in [1.54, 1.807) is 0 Å². The first-order chi connectivity index (χ1) is 9.22. The Hall–Kier alpha value is -0.810. The Morgan fingerprint density at radius 2 is 2.00 bits per heavy atom. The zero-order chi connectivity index (χ0) is 13.3. The molecule has 0 bridgehead atoms. The van der Waals surface area contributed by atoms with E-state index < -0.39 is 0 Å². The van der Waals surface area contributed by atoms with Crippen LogP contribution in [0.1, 0.15) is 44.9 Å². The summed E-state index contributed by atoms with van der Waals surface area (Å²) >= 11 is 0. The smallest absolute Gasteiger partial charge is 0.142 e. The van der Waals surface area contributed by atoms with E-state index in [-0.39, 0.29) is 11.5 Å². The van der Waals surface area contributed by atoms with Crippen molar-refractivity contribution in [2.75, 3.05) is 19.7 Å². The molecule has 1 atom stereocenters. The van der Waals surface area contributed by atoms with Crippen LogP contribution in [-0.2, 0) is 4.74 Å². The largest absolute Gasteiger partial charge is 0.409 e. The molecular weight excluding hydrogens is 242 g/mol. The fourth-order valence-electron chi connectivity index (χ4n) is 3.88. The van der Waals surface area contributed by atoms with Gasteiger partial charge in [-0.2, -0.15) is 0 Å². The van der Waals surface area contributed by atoms with Crippen LogP contribution >= 0.6 is 0 Å². The van der Waals surface area contributed by atoms with E-state index in [4.69, 9.17) is 15.7 Å². The fraction of sp³-hybridized carbons (Fsp3) is 0.929. The Bertz CT molecular complexity index is 347. The monoisotopic (exact) mass is 267 g/mol. The van der Waals surface area contributed by atoms with Crippen LogP contribution in [0.25, 0.3) is 0 Å². The molecule has 0 aromatic heterocycles. The molecule has 3 fully saturated rings. The molecule has 1 aliphatic carbocycles. The topological polar surface area (TPSA) is 71.1 Å². The maximum absolute atomic E-state index is 8.74. The van der Waals surface area contributed by atoms with Gasteiger partial charge in [0.1, 0.15) is 5.84 Å². The highest BCUT2D eigenvalue weighted by molar-refractivity contribution is 5.82.